The van der Waals surface area contributed by atoms with Gasteiger partial charge < -0.3 is 30.9 Å². The minimum Gasteiger partial charge on any atom is -0.508 e. The summed E-state index contributed by atoms with van der Waals surface area (Å²) in [6, 6.07) is -0.367. The molecule has 6 rings (SSSR count). The minimum atomic E-state index is -4.89. The second kappa shape index (κ2) is 11.4. The second-order valence-electron chi connectivity index (χ2n) is 13.6. The minimum absolute atomic E-state index is 0.0994. The fourth-order valence-electron chi connectivity index (χ4n) is 8.06. The van der Waals surface area contributed by atoms with E-state index in [0.717, 1.165) is 25.3 Å². The number of ketones is 2. The number of aromatic hydroxyl groups is 1. The highest BCUT2D eigenvalue weighted by molar-refractivity contribution is 6.24. The van der Waals surface area contributed by atoms with Crippen LogP contribution in [-0.4, -0.2) is 99.7 Å². The third kappa shape index (κ3) is 5.19. The van der Waals surface area contributed by atoms with Crippen LogP contribution in [0, 0.1) is 23.7 Å². The van der Waals surface area contributed by atoms with Gasteiger partial charge in [-0.05, 0) is 81.1 Å². The summed E-state index contributed by atoms with van der Waals surface area (Å²) in [5.41, 5.74) is -1.14. The van der Waals surface area contributed by atoms with E-state index in [1.807, 2.05) is 4.90 Å². The van der Waals surface area contributed by atoms with E-state index in [1.54, 1.807) is 0 Å². The lowest BCUT2D eigenvalue weighted by Crippen LogP contribution is -2.65. The van der Waals surface area contributed by atoms with Gasteiger partial charge in [0.1, 0.15) is 22.8 Å². The summed E-state index contributed by atoms with van der Waals surface area (Å²) in [4.78, 5) is 42.7. The van der Waals surface area contributed by atoms with E-state index in [2.05, 4.69) is 0 Å². The lowest BCUT2D eigenvalue weighted by molar-refractivity contribution is -0.153. The summed E-state index contributed by atoms with van der Waals surface area (Å²) in [5.74, 6) is -8.43. The van der Waals surface area contributed by atoms with Gasteiger partial charge in [0.25, 0.3) is 5.91 Å². The average Bonchev–Trinajstić information content (AvgIpc) is 3.60. The SMILES string of the molecule is CN(C)[C@@H]1C(=O)C(C(N)=O)=C(O)[C@@]2(O)C(=O)C3=C(O)c4c(O)cc(CN(CC5CC5)CC5CCOC5)c(C(F)(F)F)c4C[C@H]3C[C@@H]12. The predicted octanol–water partition coefficient (Wildman–Crippen LogP) is 2.23. The molecule has 1 saturated heterocycles. The maximum absolute atomic E-state index is 15.0. The number of primary amides is 1. The molecule has 5 aliphatic rings. The van der Waals surface area contributed by atoms with E-state index in [1.165, 1.54) is 19.0 Å². The van der Waals surface area contributed by atoms with E-state index in [0.29, 0.717) is 32.2 Å². The van der Waals surface area contributed by atoms with Crippen molar-refractivity contribution in [3.05, 3.63) is 45.2 Å². The van der Waals surface area contributed by atoms with E-state index in [-0.39, 0.29) is 30.0 Å². The molecule has 1 aromatic rings. The maximum atomic E-state index is 15.0. The highest BCUT2D eigenvalue weighted by Crippen LogP contribution is 2.54. The van der Waals surface area contributed by atoms with Crippen LogP contribution in [0.4, 0.5) is 13.2 Å². The lowest BCUT2D eigenvalue weighted by atomic mass is 9.57. The Kier molecular flexibility index (Phi) is 8.02. The van der Waals surface area contributed by atoms with Crippen LogP contribution in [-0.2, 0) is 38.3 Å². The number of carbonyl (C=O) groups is 3. The molecule has 5 atom stereocenters. The fraction of sp³-hybridized carbons (Fsp3) is 0.594. The van der Waals surface area contributed by atoms with Crippen molar-refractivity contribution < 1.29 is 52.7 Å². The van der Waals surface area contributed by atoms with Crippen molar-refractivity contribution in [3.8, 4) is 5.75 Å². The molecule has 11 nitrogen and oxygen atoms in total. The number of phenolic OH excluding ortho intramolecular Hbond substituents is 1. The Bertz CT molecular complexity index is 1560. The second-order valence-corrected chi connectivity index (χ2v) is 13.6. The largest absolute Gasteiger partial charge is 0.508 e. The van der Waals surface area contributed by atoms with Gasteiger partial charge in [-0.15, -0.1) is 0 Å². The molecular formula is C32H38F3N3O8. The quantitative estimate of drug-likeness (QED) is 0.263. The molecule has 6 N–H and O–H groups in total. The molecule has 2 saturated carbocycles. The number of rotatable bonds is 8. The van der Waals surface area contributed by atoms with Crippen molar-refractivity contribution >= 4 is 23.2 Å². The van der Waals surface area contributed by atoms with Crippen LogP contribution in [0.15, 0.2) is 23.0 Å². The average molecular weight is 650 g/mol. The molecule has 0 aromatic heterocycles. The topological polar surface area (TPSA) is 174 Å². The number of alkyl halides is 3. The highest BCUT2D eigenvalue weighted by atomic mass is 19.4. The molecule has 1 heterocycles. The first-order valence-corrected chi connectivity index (χ1v) is 15.4. The zero-order valence-electron chi connectivity index (χ0n) is 25.6. The van der Waals surface area contributed by atoms with Gasteiger partial charge in [0.05, 0.1) is 23.8 Å². The molecule has 3 fully saturated rings. The van der Waals surface area contributed by atoms with Crippen LogP contribution >= 0.6 is 0 Å². The van der Waals surface area contributed by atoms with Gasteiger partial charge in [0.2, 0.25) is 5.78 Å². The number of benzene rings is 1. The molecule has 0 bridgehead atoms. The molecule has 1 aromatic carbocycles. The van der Waals surface area contributed by atoms with Crippen LogP contribution in [0.25, 0.3) is 5.76 Å². The first kappa shape index (κ1) is 32.5. The molecule has 250 valence electrons. The highest BCUT2D eigenvalue weighted by Gasteiger charge is 2.64. The molecule has 46 heavy (non-hydrogen) atoms. The van der Waals surface area contributed by atoms with Crippen molar-refractivity contribution in [1.29, 1.82) is 0 Å². The number of aliphatic hydroxyl groups excluding tert-OH is 2. The number of aliphatic hydroxyl groups is 3. The third-order valence-electron chi connectivity index (χ3n) is 10.2. The van der Waals surface area contributed by atoms with Crippen LogP contribution in [0.2, 0.25) is 0 Å². The number of hydrogen-bond donors (Lipinski definition) is 5. The van der Waals surface area contributed by atoms with Crippen molar-refractivity contribution in [3.63, 3.8) is 0 Å². The Labute approximate surface area is 263 Å². The summed E-state index contributed by atoms with van der Waals surface area (Å²) in [6.07, 6.45) is -2.85. The van der Waals surface area contributed by atoms with E-state index < -0.39 is 93.1 Å². The maximum Gasteiger partial charge on any atom is 0.417 e. The normalized spacial score (nSPS) is 29.8. The number of amides is 1. The van der Waals surface area contributed by atoms with Crippen molar-refractivity contribution in [2.75, 3.05) is 40.4 Å². The number of likely N-dealkylation sites (N-methyl/N-ethyl adjacent to an activating group) is 1. The standard InChI is InChI=1S/C32H38F3N3O8/c1-37(2)25-19-8-16-7-18-22(26(40)21(16)28(42)31(19,45)29(43)23(27(25)41)30(36)44)20(39)9-17(24(18)32(33,34)35)12-38(10-14-3-4-14)11-15-5-6-46-13-15/h9,14-16,19,25,39-40,43,45H,3-8,10-13H2,1-2H3,(H2,36,44)/t15?,16-,19-,25-,31-/m0/s1. The molecule has 1 aliphatic heterocycles. The van der Waals surface area contributed by atoms with E-state index >= 15 is 0 Å². The Balaban J connectivity index is 1.47. The lowest BCUT2D eigenvalue weighted by Gasteiger charge is -2.50. The summed E-state index contributed by atoms with van der Waals surface area (Å²) in [5, 5.41) is 45.2. The van der Waals surface area contributed by atoms with Crippen molar-refractivity contribution in [1.82, 2.24) is 9.80 Å². The van der Waals surface area contributed by atoms with Crippen LogP contribution in [0.3, 0.4) is 0 Å². The van der Waals surface area contributed by atoms with Gasteiger partial charge in [0.15, 0.2) is 11.4 Å². The number of nitrogens with zero attached hydrogens (tertiary/aromatic N) is 2. The third-order valence-corrected chi connectivity index (χ3v) is 10.2. The summed E-state index contributed by atoms with van der Waals surface area (Å²) in [7, 11) is 2.90. The first-order valence-electron chi connectivity index (χ1n) is 15.4. The van der Waals surface area contributed by atoms with Crippen molar-refractivity contribution in [2.24, 2.45) is 29.4 Å². The smallest absolute Gasteiger partial charge is 0.417 e. The number of ether oxygens (including phenoxy) is 1. The first-order chi connectivity index (χ1) is 21.5. The van der Waals surface area contributed by atoms with Gasteiger partial charge in [-0.2, -0.15) is 13.2 Å². The number of fused-ring (bicyclic) bond motifs is 3. The summed E-state index contributed by atoms with van der Waals surface area (Å²) >= 11 is 0. The fourth-order valence-corrected chi connectivity index (χ4v) is 8.06. The number of phenols is 1. The van der Waals surface area contributed by atoms with Gasteiger partial charge in [-0.25, -0.2) is 0 Å². The molecule has 0 radical (unpaired) electrons. The monoisotopic (exact) mass is 649 g/mol. The van der Waals surface area contributed by atoms with Crippen LogP contribution in [0.1, 0.15) is 47.9 Å². The molecule has 14 heteroatoms. The zero-order chi connectivity index (χ0) is 33.5. The molecule has 0 spiro atoms. The van der Waals surface area contributed by atoms with Crippen LogP contribution in [0.5, 0.6) is 5.75 Å². The molecule has 1 unspecified atom stereocenters. The number of Topliss-reactive ketones (excluding diaryl/α,β-unsaturated/α-hetero) is 2. The summed E-state index contributed by atoms with van der Waals surface area (Å²) < 4.78 is 50.4. The Morgan fingerprint density at radius 3 is 2.35 bits per heavy atom. The van der Waals surface area contributed by atoms with Gasteiger partial charge in [0, 0.05) is 37.7 Å². The van der Waals surface area contributed by atoms with E-state index in [4.69, 9.17) is 10.5 Å². The molecule has 1 amide bonds. The summed E-state index contributed by atoms with van der Waals surface area (Å²) in [6.45, 7) is 2.15. The van der Waals surface area contributed by atoms with Crippen LogP contribution < -0.4 is 5.73 Å². The number of hydrogen-bond acceptors (Lipinski definition) is 10. The van der Waals surface area contributed by atoms with Crippen molar-refractivity contribution in [2.45, 2.75) is 56.5 Å². The number of halogens is 3. The number of carbonyl (C=O) groups excluding carboxylic acids is 3. The Morgan fingerprint density at radius 1 is 1.11 bits per heavy atom. The molecular weight excluding hydrogens is 611 g/mol. The van der Waals surface area contributed by atoms with Gasteiger partial charge in [-0.1, -0.05) is 0 Å². The predicted molar refractivity (Wildman–Crippen MR) is 156 cm³/mol. The Morgan fingerprint density at radius 2 is 1.78 bits per heavy atom. The zero-order valence-corrected chi connectivity index (χ0v) is 25.6. The number of nitrogens with two attached hydrogens (primary N) is 1. The van der Waals surface area contributed by atoms with E-state index in [9.17, 15) is 48.0 Å². The molecule has 4 aliphatic carbocycles. The van der Waals surface area contributed by atoms with Gasteiger partial charge >= 0.3 is 6.18 Å². The van der Waals surface area contributed by atoms with Gasteiger partial charge in [-0.3, -0.25) is 24.2 Å². The Hall–Kier alpha value is -3.46.